The molecule has 2 bridgehead atoms. The molecule has 4 heterocycles. The van der Waals surface area contributed by atoms with Crippen molar-refractivity contribution in [1.29, 1.82) is 0 Å². The van der Waals surface area contributed by atoms with Crippen LogP contribution in [0.4, 0.5) is 5.82 Å². The molecule has 134 valence electrons. The van der Waals surface area contributed by atoms with Crippen LogP contribution in [0, 0.1) is 0 Å². The molecule has 1 N–H and O–H groups in total. The average molecular weight is 349 g/mol. The number of benzene rings is 1. The summed E-state index contributed by atoms with van der Waals surface area (Å²) in [5.74, 6) is 0.869. The Bertz CT molecular complexity index is 909. The molecule has 2 aliphatic heterocycles. The van der Waals surface area contributed by atoms with E-state index in [1.54, 1.807) is 6.33 Å². The number of rotatable bonds is 5. The van der Waals surface area contributed by atoms with E-state index < -0.39 is 0 Å². The fraction of sp³-hybridized carbons (Fsp3) is 0.400. The van der Waals surface area contributed by atoms with Gasteiger partial charge in [-0.1, -0.05) is 30.3 Å². The van der Waals surface area contributed by atoms with Crippen molar-refractivity contribution < 1.29 is 4.74 Å². The van der Waals surface area contributed by atoms with Crippen molar-refractivity contribution in [3.8, 4) is 0 Å². The van der Waals surface area contributed by atoms with Gasteiger partial charge in [0.2, 0.25) is 0 Å². The smallest absolute Gasteiger partial charge is 0.154 e. The van der Waals surface area contributed by atoms with Gasteiger partial charge in [0.25, 0.3) is 0 Å². The Morgan fingerprint density at radius 1 is 1.23 bits per heavy atom. The van der Waals surface area contributed by atoms with E-state index in [1.165, 1.54) is 11.3 Å². The summed E-state index contributed by atoms with van der Waals surface area (Å²) in [4.78, 5) is 7.00. The van der Waals surface area contributed by atoms with Crippen molar-refractivity contribution in [2.45, 2.75) is 38.1 Å². The van der Waals surface area contributed by atoms with Crippen molar-refractivity contribution in [2.75, 3.05) is 18.5 Å². The normalized spacial score (nSPS) is 23.6. The van der Waals surface area contributed by atoms with Crippen LogP contribution in [0.15, 0.2) is 48.8 Å². The Morgan fingerprint density at radius 3 is 2.88 bits per heavy atom. The van der Waals surface area contributed by atoms with Gasteiger partial charge < -0.3 is 10.1 Å². The number of aromatic nitrogens is 3. The quantitative estimate of drug-likeness (QED) is 0.768. The van der Waals surface area contributed by atoms with Gasteiger partial charge in [-0.05, 0) is 31.0 Å². The lowest BCUT2D eigenvalue weighted by Crippen LogP contribution is -2.39. The maximum atomic E-state index is 5.75. The van der Waals surface area contributed by atoms with Crippen LogP contribution in [0.5, 0.6) is 0 Å². The molecule has 0 aliphatic carbocycles. The second kappa shape index (κ2) is 6.37. The maximum absolute atomic E-state index is 5.75. The minimum atomic E-state index is 0.313. The van der Waals surface area contributed by atoms with Gasteiger partial charge in [0.15, 0.2) is 5.82 Å². The second-order valence-corrected chi connectivity index (χ2v) is 7.22. The lowest BCUT2D eigenvalue weighted by Gasteiger charge is -2.32. The first-order valence-electron chi connectivity index (χ1n) is 9.27. The SMILES string of the molecule is CC(c1ccc2c(NCc3ccccc3)ncnn12)N1CC2CC1CO2. The predicted octanol–water partition coefficient (Wildman–Crippen LogP) is 2.88. The van der Waals surface area contributed by atoms with Gasteiger partial charge in [0.1, 0.15) is 11.8 Å². The van der Waals surface area contributed by atoms with Crippen molar-refractivity contribution in [1.82, 2.24) is 19.5 Å². The Labute approximate surface area is 152 Å². The Morgan fingerprint density at radius 2 is 2.12 bits per heavy atom. The molecular formula is C20H23N5O. The third-order valence-corrected chi connectivity index (χ3v) is 5.65. The van der Waals surface area contributed by atoms with Crippen molar-refractivity contribution in [2.24, 2.45) is 0 Å². The maximum Gasteiger partial charge on any atom is 0.154 e. The van der Waals surface area contributed by atoms with Gasteiger partial charge in [-0.2, -0.15) is 5.10 Å². The zero-order chi connectivity index (χ0) is 17.5. The molecule has 0 amide bonds. The van der Waals surface area contributed by atoms with Crippen LogP contribution >= 0.6 is 0 Å². The summed E-state index contributed by atoms with van der Waals surface area (Å²) in [5, 5.41) is 7.97. The molecule has 2 saturated heterocycles. The van der Waals surface area contributed by atoms with Crippen molar-refractivity contribution in [3.05, 3.63) is 60.0 Å². The number of fused-ring (bicyclic) bond motifs is 3. The molecule has 2 fully saturated rings. The van der Waals surface area contributed by atoms with E-state index in [0.717, 1.165) is 37.5 Å². The van der Waals surface area contributed by atoms with Crippen LogP contribution in [0.25, 0.3) is 5.52 Å². The fourth-order valence-electron chi connectivity index (χ4n) is 4.26. The van der Waals surface area contributed by atoms with E-state index in [4.69, 9.17) is 4.74 Å². The molecule has 2 aliphatic rings. The molecule has 26 heavy (non-hydrogen) atoms. The molecule has 3 unspecified atom stereocenters. The highest BCUT2D eigenvalue weighted by molar-refractivity contribution is 5.68. The largest absolute Gasteiger partial charge is 0.375 e. The van der Waals surface area contributed by atoms with Crippen LogP contribution < -0.4 is 5.32 Å². The van der Waals surface area contributed by atoms with E-state index in [1.807, 2.05) is 10.6 Å². The van der Waals surface area contributed by atoms with Gasteiger partial charge in [-0.25, -0.2) is 9.50 Å². The summed E-state index contributed by atoms with van der Waals surface area (Å²) >= 11 is 0. The summed E-state index contributed by atoms with van der Waals surface area (Å²) < 4.78 is 7.77. The van der Waals surface area contributed by atoms with E-state index in [-0.39, 0.29) is 0 Å². The molecule has 5 rings (SSSR count). The molecular weight excluding hydrogens is 326 g/mol. The highest BCUT2D eigenvalue weighted by Crippen LogP contribution is 2.35. The van der Waals surface area contributed by atoms with Crippen LogP contribution in [0.3, 0.4) is 0 Å². The molecule has 0 spiro atoms. The fourth-order valence-corrected chi connectivity index (χ4v) is 4.26. The van der Waals surface area contributed by atoms with Gasteiger partial charge in [-0.3, -0.25) is 4.90 Å². The summed E-state index contributed by atoms with van der Waals surface area (Å²) in [7, 11) is 0. The summed E-state index contributed by atoms with van der Waals surface area (Å²) in [5.41, 5.74) is 3.46. The minimum Gasteiger partial charge on any atom is -0.375 e. The number of nitrogens with one attached hydrogen (secondary N) is 1. The van der Waals surface area contributed by atoms with Crippen molar-refractivity contribution in [3.63, 3.8) is 0 Å². The molecule has 6 heteroatoms. The summed E-state index contributed by atoms with van der Waals surface area (Å²) in [6.45, 7) is 4.89. The predicted molar refractivity (Wildman–Crippen MR) is 100 cm³/mol. The van der Waals surface area contributed by atoms with E-state index in [9.17, 15) is 0 Å². The van der Waals surface area contributed by atoms with E-state index in [0.29, 0.717) is 18.2 Å². The van der Waals surface area contributed by atoms with Crippen LogP contribution in [0.2, 0.25) is 0 Å². The first-order chi connectivity index (χ1) is 12.8. The first-order valence-corrected chi connectivity index (χ1v) is 9.27. The standard InChI is InChI=1S/C20H23N5O/c1-14(24-11-17-9-16(24)12-26-17)18-7-8-19-20(22-13-23-25(18)19)21-10-15-5-3-2-4-6-15/h2-8,13-14,16-17H,9-12H2,1H3,(H,21,22,23). The Kier molecular flexibility index (Phi) is 3.87. The molecule has 3 aromatic rings. The van der Waals surface area contributed by atoms with Crippen LogP contribution in [0.1, 0.15) is 30.6 Å². The Balaban J connectivity index is 1.40. The van der Waals surface area contributed by atoms with Gasteiger partial charge in [0.05, 0.1) is 18.4 Å². The van der Waals surface area contributed by atoms with Gasteiger partial charge in [0, 0.05) is 25.2 Å². The minimum absolute atomic E-state index is 0.313. The molecule has 2 aromatic heterocycles. The highest BCUT2D eigenvalue weighted by Gasteiger charge is 2.41. The average Bonchev–Trinajstić information content (AvgIpc) is 3.42. The second-order valence-electron chi connectivity index (χ2n) is 7.22. The molecule has 0 radical (unpaired) electrons. The lowest BCUT2D eigenvalue weighted by atomic mass is 10.2. The van der Waals surface area contributed by atoms with Gasteiger partial charge >= 0.3 is 0 Å². The van der Waals surface area contributed by atoms with Crippen LogP contribution in [-0.2, 0) is 11.3 Å². The first kappa shape index (κ1) is 15.8. The number of morpholine rings is 1. The number of hydrogen-bond acceptors (Lipinski definition) is 5. The van der Waals surface area contributed by atoms with Crippen molar-refractivity contribution >= 4 is 11.3 Å². The molecule has 0 saturated carbocycles. The molecule has 3 atom stereocenters. The molecule has 1 aromatic carbocycles. The van der Waals surface area contributed by atoms with Gasteiger partial charge in [-0.15, -0.1) is 0 Å². The number of likely N-dealkylation sites (tertiary alicyclic amines) is 1. The highest BCUT2D eigenvalue weighted by atomic mass is 16.5. The Hall–Kier alpha value is -2.44. The number of nitrogens with zero attached hydrogens (tertiary/aromatic N) is 4. The van der Waals surface area contributed by atoms with Crippen LogP contribution in [-0.4, -0.2) is 44.8 Å². The lowest BCUT2D eigenvalue weighted by molar-refractivity contribution is 0.0132. The number of hydrogen-bond donors (Lipinski definition) is 1. The van der Waals surface area contributed by atoms with E-state index in [2.05, 4.69) is 63.6 Å². The molecule has 6 nitrogen and oxygen atoms in total. The van der Waals surface area contributed by atoms with E-state index >= 15 is 0 Å². The monoisotopic (exact) mass is 349 g/mol. The third-order valence-electron chi connectivity index (χ3n) is 5.65. The zero-order valence-electron chi connectivity index (χ0n) is 14.9. The summed E-state index contributed by atoms with van der Waals surface area (Å²) in [6.07, 6.45) is 3.20. The zero-order valence-corrected chi connectivity index (χ0v) is 14.9. The third kappa shape index (κ3) is 2.66. The topological polar surface area (TPSA) is 54.7 Å². The number of ether oxygens (including phenoxy) is 1. The number of anilines is 1. The summed E-state index contributed by atoms with van der Waals surface area (Å²) in [6, 6.07) is 15.5.